The van der Waals surface area contributed by atoms with Crippen molar-refractivity contribution in [2.75, 3.05) is 6.61 Å². The molecule has 2 bridgehead atoms. The van der Waals surface area contributed by atoms with Crippen LogP contribution in [0.25, 0.3) is 0 Å². The van der Waals surface area contributed by atoms with Crippen LogP contribution in [0.5, 0.6) is 0 Å². The number of nitrogens with zero attached hydrogens (tertiary/aromatic N) is 1. The van der Waals surface area contributed by atoms with Gasteiger partial charge in [0.2, 0.25) is 0 Å². The van der Waals surface area contributed by atoms with Gasteiger partial charge in [0.15, 0.2) is 5.78 Å². The number of hydrogen-bond donors (Lipinski definition) is 1. The normalized spacial score (nSPS) is 34.4. The zero-order valence-electron chi connectivity index (χ0n) is 8.68. The highest BCUT2D eigenvalue weighted by atomic mass is 16.6. The molecule has 2 rings (SSSR count). The summed E-state index contributed by atoms with van der Waals surface area (Å²) in [6, 6.07) is -0.430. The van der Waals surface area contributed by atoms with Gasteiger partial charge in [-0.15, -0.1) is 0 Å². The van der Waals surface area contributed by atoms with Crippen molar-refractivity contribution < 1.29 is 19.4 Å². The third-order valence-corrected chi connectivity index (χ3v) is 3.16. The summed E-state index contributed by atoms with van der Waals surface area (Å²) in [5.74, 6) is -0.150. The fourth-order valence-corrected chi connectivity index (χ4v) is 2.47. The molecule has 2 aliphatic heterocycles. The largest absolute Gasteiger partial charge is 0.450 e. The Bertz CT molecular complexity index is 291. The van der Waals surface area contributed by atoms with Crippen molar-refractivity contribution in [2.24, 2.45) is 0 Å². The summed E-state index contributed by atoms with van der Waals surface area (Å²) in [5.41, 5.74) is 0. The predicted molar refractivity (Wildman–Crippen MR) is 51.3 cm³/mol. The number of aliphatic hydroxyl groups excluding tert-OH is 1. The number of amides is 1. The number of carbonyl (C=O) groups excluding carboxylic acids is 2. The summed E-state index contributed by atoms with van der Waals surface area (Å²) in [6.07, 6.45) is 0.309. The molecule has 5 nitrogen and oxygen atoms in total. The lowest BCUT2D eigenvalue weighted by atomic mass is 9.99. The second-order valence-corrected chi connectivity index (χ2v) is 4.02. The third kappa shape index (κ3) is 1.61. The molecule has 84 valence electrons. The molecule has 0 aromatic carbocycles. The van der Waals surface area contributed by atoms with Gasteiger partial charge in [-0.05, 0) is 19.8 Å². The molecule has 1 amide bonds. The molecule has 0 unspecified atom stereocenters. The first-order chi connectivity index (χ1) is 7.15. The van der Waals surface area contributed by atoms with Gasteiger partial charge in [-0.3, -0.25) is 9.69 Å². The fraction of sp³-hybridized carbons (Fsp3) is 0.800. The predicted octanol–water partition coefficient (Wildman–Crippen LogP) is 0.310. The number of Topliss-reactive ketones (excluding diaryl/α,β-unsaturated/α-hetero) is 1. The average Bonchev–Trinajstić information content (AvgIpc) is 2.54. The molecule has 15 heavy (non-hydrogen) atoms. The molecule has 0 spiro atoms. The highest BCUT2D eigenvalue weighted by Crippen LogP contribution is 2.34. The van der Waals surface area contributed by atoms with Crippen molar-refractivity contribution in [1.82, 2.24) is 4.90 Å². The van der Waals surface area contributed by atoms with Crippen LogP contribution in [-0.2, 0) is 9.53 Å². The molecule has 2 heterocycles. The third-order valence-electron chi connectivity index (χ3n) is 3.16. The number of ether oxygens (including phenoxy) is 1. The minimum absolute atomic E-state index is 0.0649. The van der Waals surface area contributed by atoms with Crippen molar-refractivity contribution in [2.45, 2.75) is 44.4 Å². The van der Waals surface area contributed by atoms with Gasteiger partial charge >= 0.3 is 6.09 Å². The molecular weight excluding hydrogens is 198 g/mol. The fourth-order valence-electron chi connectivity index (χ4n) is 2.47. The van der Waals surface area contributed by atoms with E-state index in [1.165, 1.54) is 4.90 Å². The van der Waals surface area contributed by atoms with Crippen molar-refractivity contribution in [3.8, 4) is 0 Å². The molecule has 5 heteroatoms. The number of rotatable bonds is 1. The molecule has 0 aromatic rings. The number of ketones is 1. The summed E-state index contributed by atoms with van der Waals surface area (Å²) in [7, 11) is 0. The van der Waals surface area contributed by atoms with Gasteiger partial charge in [0.1, 0.15) is 6.10 Å². The van der Waals surface area contributed by atoms with Crippen LogP contribution in [0.3, 0.4) is 0 Å². The SMILES string of the molecule is CCOC(=O)N1[C@H]2CC[C@@H]1[C@@H](O)C(=O)C2. The lowest BCUT2D eigenvalue weighted by Crippen LogP contribution is -2.54. The first kappa shape index (κ1) is 10.4. The van der Waals surface area contributed by atoms with Gasteiger partial charge in [0.05, 0.1) is 12.6 Å². The quantitative estimate of drug-likeness (QED) is 0.680. The molecule has 2 saturated heterocycles. The van der Waals surface area contributed by atoms with Crippen molar-refractivity contribution in [1.29, 1.82) is 0 Å². The van der Waals surface area contributed by atoms with Crippen molar-refractivity contribution in [3.63, 3.8) is 0 Å². The summed E-state index contributed by atoms with van der Waals surface area (Å²) in [4.78, 5) is 24.5. The molecule has 0 radical (unpaired) electrons. The van der Waals surface area contributed by atoms with Crippen LogP contribution in [0.2, 0.25) is 0 Å². The Labute approximate surface area is 88.0 Å². The highest BCUT2D eigenvalue weighted by Gasteiger charge is 2.48. The molecule has 1 N–H and O–H groups in total. The van der Waals surface area contributed by atoms with E-state index in [-0.39, 0.29) is 24.3 Å². The van der Waals surface area contributed by atoms with Gasteiger partial charge in [-0.25, -0.2) is 4.79 Å². The van der Waals surface area contributed by atoms with Crippen molar-refractivity contribution in [3.05, 3.63) is 0 Å². The van der Waals surface area contributed by atoms with Gasteiger partial charge in [-0.1, -0.05) is 0 Å². The van der Waals surface area contributed by atoms with Gasteiger partial charge in [0.25, 0.3) is 0 Å². The summed E-state index contributed by atoms with van der Waals surface area (Å²) in [6.45, 7) is 2.06. The van der Waals surface area contributed by atoms with Crippen LogP contribution < -0.4 is 0 Å². The van der Waals surface area contributed by atoms with E-state index in [1.807, 2.05) is 0 Å². The van der Waals surface area contributed by atoms with E-state index in [1.54, 1.807) is 6.92 Å². The van der Waals surface area contributed by atoms with Crippen LogP contribution in [0.15, 0.2) is 0 Å². The van der Waals surface area contributed by atoms with E-state index in [4.69, 9.17) is 4.74 Å². The highest BCUT2D eigenvalue weighted by molar-refractivity contribution is 5.87. The van der Waals surface area contributed by atoms with E-state index in [9.17, 15) is 14.7 Å². The van der Waals surface area contributed by atoms with Crippen LogP contribution in [0.4, 0.5) is 4.79 Å². The standard InChI is InChI=1S/C10H15NO4/c1-2-15-10(14)11-6-3-4-7(11)9(13)8(12)5-6/h6-7,9,13H,2-5H2,1H3/t6-,7+,9+/m0/s1. The Hall–Kier alpha value is -1.10. The van der Waals surface area contributed by atoms with E-state index >= 15 is 0 Å². The van der Waals surface area contributed by atoms with Gasteiger partial charge in [-0.2, -0.15) is 0 Å². The summed E-state index contributed by atoms with van der Waals surface area (Å²) in [5, 5.41) is 9.65. The number of fused-ring (bicyclic) bond motifs is 2. The zero-order chi connectivity index (χ0) is 11.0. The summed E-state index contributed by atoms with van der Waals surface area (Å²) < 4.78 is 4.91. The Kier molecular flexibility index (Phi) is 2.65. The molecule has 0 aromatic heterocycles. The molecule has 3 atom stereocenters. The van der Waals surface area contributed by atoms with Gasteiger partial charge in [0, 0.05) is 12.5 Å². The van der Waals surface area contributed by atoms with E-state index in [2.05, 4.69) is 0 Å². The lowest BCUT2D eigenvalue weighted by molar-refractivity contribution is -0.134. The van der Waals surface area contributed by atoms with E-state index in [0.29, 0.717) is 13.0 Å². The molecule has 2 fully saturated rings. The molecule has 0 saturated carbocycles. The van der Waals surface area contributed by atoms with Crippen LogP contribution in [0, 0.1) is 0 Å². The Morgan fingerprint density at radius 1 is 1.60 bits per heavy atom. The second kappa shape index (κ2) is 3.81. The van der Waals surface area contributed by atoms with E-state index < -0.39 is 12.2 Å². The first-order valence-corrected chi connectivity index (χ1v) is 5.31. The lowest BCUT2D eigenvalue weighted by Gasteiger charge is -2.35. The van der Waals surface area contributed by atoms with Crippen molar-refractivity contribution >= 4 is 11.9 Å². The molecular formula is C10H15NO4. The maximum absolute atomic E-state index is 11.6. The van der Waals surface area contributed by atoms with Crippen LogP contribution in [-0.4, -0.2) is 46.7 Å². The van der Waals surface area contributed by atoms with E-state index in [0.717, 1.165) is 6.42 Å². The maximum atomic E-state index is 11.6. The number of carbonyl (C=O) groups is 2. The Morgan fingerprint density at radius 2 is 2.33 bits per heavy atom. The second-order valence-electron chi connectivity index (χ2n) is 4.02. The molecule has 0 aliphatic carbocycles. The molecule has 2 aliphatic rings. The number of piperidine rings is 1. The monoisotopic (exact) mass is 213 g/mol. The maximum Gasteiger partial charge on any atom is 0.410 e. The summed E-state index contributed by atoms with van der Waals surface area (Å²) >= 11 is 0. The first-order valence-electron chi connectivity index (χ1n) is 5.31. The zero-order valence-corrected chi connectivity index (χ0v) is 8.68. The minimum atomic E-state index is -1.02. The Balaban J connectivity index is 2.14. The van der Waals surface area contributed by atoms with Crippen LogP contribution in [0.1, 0.15) is 26.2 Å². The topological polar surface area (TPSA) is 66.8 Å². The number of aliphatic hydroxyl groups is 1. The smallest absolute Gasteiger partial charge is 0.410 e. The Morgan fingerprint density at radius 3 is 3.00 bits per heavy atom. The van der Waals surface area contributed by atoms with Crippen LogP contribution >= 0.6 is 0 Å². The van der Waals surface area contributed by atoms with Gasteiger partial charge < -0.3 is 9.84 Å². The minimum Gasteiger partial charge on any atom is -0.450 e. The average molecular weight is 213 g/mol. The number of hydrogen-bond acceptors (Lipinski definition) is 4.